The normalized spacial score (nSPS) is 12.0. The molecular weight excluding hydrogens is 427 g/mol. The monoisotopic (exact) mass is 439 g/mol. The number of hydrogen-bond acceptors (Lipinski definition) is 4. The minimum Gasteiger partial charge on any atom is -0.398 e. The van der Waals surface area contributed by atoms with Gasteiger partial charge in [0, 0.05) is 22.8 Å². The van der Waals surface area contributed by atoms with Gasteiger partial charge in [-0.15, -0.1) is 0 Å². The van der Waals surface area contributed by atoms with Gasteiger partial charge in [-0.05, 0) is 50.1 Å². The van der Waals surface area contributed by atoms with Crippen LogP contribution in [0.2, 0.25) is 0 Å². The first-order chi connectivity index (χ1) is 12.7. The molecule has 0 saturated carbocycles. The van der Waals surface area contributed by atoms with Crippen LogP contribution in [0.5, 0.6) is 0 Å². The molecule has 1 aromatic heterocycles. The summed E-state index contributed by atoms with van der Waals surface area (Å²) in [5.74, 6) is 0. The van der Waals surface area contributed by atoms with Crippen molar-refractivity contribution in [3.05, 3.63) is 68.0 Å². The number of nitrogen functional groups attached to an aromatic ring is 1. The zero-order chi connectivity index (χ0) is 19.8. The van der Waals surface area contributed by atoms with Gasteiger partial charge < -0.3 is 5.73 Å². The third kappa shape index (κ3) is 3.65. The van der Waals surface area contributed by atoms with Gasteiger partial charge in [0.1, 0.15) is 0 Å². The fourth-order valence-corrected chi connectivity index (χ4v) is 2.89. The number of tetrazole rings is 1. The summed E-state index contributed by atoms with van der Waals surface area (Å²) in [6, 6.07) is 8.58. The Kier molecular flexibility index (Phi) is 4.92. The minimum atomic E-state index is -4.62. The number of rotatable bonds is 3. The molecule has 2 N–H and O–H groups in total. The van der Waals surface area contributed by atoms with Crippen molar-refractivity contribution in [3.8, 4) is 5.69 Å². The van der Waals surface area contributed by atoms with E-state index >= 15 is 0 Å². The van der Waals surface area contributed by atoms with Gasteiger partial charge in [0.2, 0.25) is 0 Å². The van der Waals surface area contributed by atoms with Gasteiger partial charge in [0.05, 0.1) is 11.3 Å². The van der Waals surface area contributed by atoms with Gasteiger partial charge in [-0.3, -0.25) is 0 Å². The van der Waals surface area contributed by atoms with Crippen LogP contribution in [-0.2, 0) is 13.2 Å². The van der Waals surface area contributed by atoms with E-state index in [-0.39, 0.29) is 11.3 Å². The maximum absolute atomic E-state index is 13.5. The van der Waals surface area contributed by atoms with Crippen LogP contribution < -0.4 is 11.4 Å². The molecule has 1 heterocycles. The summed E-state index contributed by atoms with van der Waals surface area (Å²) in [6.45, 7) is 0. The average Bonchev–Trinajstić information content (AvgIpc) is 2.94. The van der Waals surface area contributed by atoms with Crippen molar-refractivity contribution in [3.63, 3.8) is 0 Å². The van der Waals surface area contributed by atoms with Crippen LogP contribution in [-0.4, -0.2) is 19.8 Å². The molecule has 0 amide bonds. The Balaban J connectivity index is 2.23. The summed E-state index contributed by atoms with van der Waals surface area (Å²) in [7, 11) is 1.36. The molecule has 0 radical (unpaired) electrons. The fourth-order valence-electron chi connectivity index (χ4n) is 2.50. The van der Waals surface area contributed by atoms with E-state index in [1.165, 1.54) is 31.3 Å². The van der Waals surface area contributed by atoms with E-state index in [1.807, 2.05) is 0 Å². The van der Waals surface area contributed by atoms with Gasteiger partial charge in [-0.2, -0.15) is 22.5 Å². The van der Waals surface area contributed by atoms with Crippen molar-refractivity contribution in [2.75, 3.05) is 5.73 Å². The molecule has 0 spiro atoms. The highest BCUT2D eigenvalue weighted by Crippen LogP contribution is 2.35. The maximum atomic E-state index is 13.5. The van der Waals surface area contributed by atoms with Crippen LogP contribution in [0.25, 0.3) is 17.8 Å². The Morgan fingerprint density at radius 1 is 1.11 bits per heavy atom. The van der Waals surface area contributed by atoms with Crippen LogP contribution >= 0.6 is 15.9 Å². The van der Waals surface area contributed by atoms with E-state index in [9.17, 15) is 18.0 Å². The van der Waals surface area contributed by atoms with Gasteiger partial charge in [-0.1, -0.05) is 30.4 Å². The van der Waals surface area contributed by atoms with E-state index in [1.54, 1.807) is 18.2 Å². The van der Waals surface area contributed by atoms with Crippen molar-refractivity contribution >= 4 is 33.8 Å². The Morgan fingerprint density at radius 3 is 2.44 bits per heavy atom. The molecule has 140 valence electrons. The standard InChI is InChI=1S/C17H13BrF3N5O/c1-25-16(27)26(24-23-25)14-7-3-5-12(17(19,20)21)11(14)9-8-10-4-2-6-13(22)15(10)18/h2-9H,22H2,1H3/b9-8+. The molecule has 0 saturated heterocycles. The average molecular weight is 440 g/mol. The summed E-state index contributed by atoms with van der Waals surface area (Å²) < 4.78 is 42.9. The largest absolute Gasteiger partial charge is 0.417 e. The number of anilines is 1. The summed E-state index contributed by atoms with van der Waals surface area (Å²) in [5.41, 5.74) is 5.06. The van der Waals surface area contributed by atoms with Crippen molar-refractivity contribution in [1.82, 2.24) is 19.8 Å². The van der Waals surface area contributed by atoms with Crippen molar-refractivity contribution in [2.45, 2.75) is 6.18 Å². The van der Waals surface area contributed by atoms with Crippen molar-refractivity contribution < 1.29 is 13.2 Å². The van der Waals surface area contributed by atoms with Gasteiger partial charge in [-0.25, -0.2) is 4.79 Å². The Bertz CT molecular complexity index is 1080. The smallest absolute Gasteiger partial charge is 0.398 e. The van der Waals surface area contributed by atoms with E-state index in [4.69, 9.17) is 5.73 Å². The van der Waals surface area contributed by atoms with Crippen LogP contribution in [0.1, 0.15) is 16.7 Å². The van der Waals surface area contributed by atoms with E-state index in [0.29, 0.717) is 15.7 Å². The number of alkyl halides is 3. The lowest BCUT2D eigenvalue weighted by Crippen LogP contribution is -2.23. The second-order valence-corrected chi connectivity index (χ2v) is 6.41. The van der Waals surface area contributed by atoms with Gasteiger partial charge >= 0.3 is 11.9 Å². The second-order valence-electron chi connectivity index (χ2n) is 5.62. The number of hydrogen-bond donors (Lipinski definition) is 1. The summed E-state index contributed by atoms with van der Waals surface area (Å²) in [4.78, 5) is 12.1. The molecule has 0 fully saturated rings. The highest BCUT2D eigenvalue weighted by Gasteiger charge is 2.34. The molecule has 0 bridgehead atoms. The van der Waals surface area contributed by atoms with Gasteiger partial charge in [0.25, 0.3) is 0 Å². The van der Waals surface area contributed by atoms with E-state index in [2.05, 4.69) is 26.4 Å². The zero-order valence-electron chi connectivity index (χ0n) is 13.9. The number of nitrogens with zero attached hydrogens (tertiary/aromatic N) is 4. The molecule has 10 heteroatoms. The first kappa shape index (κ1) is 18.9. The fraction of sp³-hybridized carbons (Fsp3) is 0.118. The van der Waals surface area contributed by atoms with Gasteiger partial charge in [0.15, 0.2) is 0 Å². The molecule has 0 aliphatic heterocycles. The molecule has 27 heavy (non-hydrogen) atoms. The summed E-state index contributed by atoms with van der Waals surface area (Å²) in [6.07, 6.45) is -1.86. The molecule has 3 aromatic rings. The minimum absolute atomic E-state index is 0.0285. The Labute approximate surface area is 159 Å². The van der Waals surface area contributed by atoms with Crippen molar-refractivity contribution in [2.24, 2.45) is 7.05 Å². The second kappa shape index (κ2) is 7.03. The predicted molar refractivity (Wildman–Crippen MR) is 99.1 cm³/mol. The number of halogens is 4. The lowest BCUT2D eigenvalue weighted by molar-refractivity contribution is -0.137. The Morgan fingerprint density at radius 2 is 1.81 bits per heavy atom. The number of nitrogens with two attached hydrogens (primary N) is 1. The number of aromatic nitrogens is 4. The third-order valence-corrected chi connectivity index (χ3v) is 4.74. The summed E-state index contributed by atoms with van der Waals surface area (Å²) in [5, 5.41) is 7.20. The molecule has 2 aromatic carbocycles. The van der Waals surface area contributed by atoms with Crippen molar-refractivity contribution in [1.29, 1.82) is 0 Å². The lowest BCUT2D eigenvalue weighted by Gasteiger charge is -2.14. The van der Waals surface area contributed by atoms with E-state index < -0.39 is 17.4 Å². The zero-order valence-corrected chi connectivity index (χ0v) is 15.5. The quantitative estimate of drug-likeness (QED) is 0.500. The molecule has 0 aliphatic carbocycles. The summed E-state index contributed by atoms with van der Waals surface area (Å²) >= 11 is 3.31. The lowest BCUT2D eigenvalue weighted by atomic mass is 10.0. The van der Waals surface area contributed by atoms with Crippen LogP contribution in [0.4, 0.5) is 18.9 Å². The molecule has 0 aliphatic rings. The highest BCUT2D eigenvalue weighted by atomic mass is 79.9. The predicted octanol–water partition coefficient (Wildman–Crippen LogP) is 3.50. The van der Waals surface area contributed by atoms with Crippen LogP contribution in [0, 0.1) is 0 Å². The van der Waals surface area contributed by atoms with Crippen LogP contribution in [0.3, 0.4) is 0 Å². The maximum Gasteiger partial charge on any atom is 0.417 e. The first-order valence-electron chi connectivity index (χ1n) is 7.62. The Hall–Kier alpha value is -2.88. The molecular formula is C17H13BrF3N5O. The van der Waals surface area contributed by atoms with Crippen LogP contribution in [0.15, 0.2) is 45.7 Å². The third-order valence-electron chi connectivity index (χ3n) is 3.83. The number of aryl methyl sites for hydroxylation is 1. The van der Waals surface area contributed by atoms with E-state index in [0.717, 1.165) is 15.4 Å². The molecule has 6 nitrogen and oxygen atoms in total. The number of benzene rings is 2. The SMILES string of the molecule is Cn1nnn(-c2cccc(C(F)(F)F)c2/C=C/c2cccc(N)c2Br)c1=O. The topological polar surface area (TPSA) is 78.7 Å². The highest BCUT2D eigenvalue weighted by molar-refractivity contribution is 9.10. The first-order valence-corrected chi connectivity index (χ1v) is 8.41. The molecule has 0 unspecified atom stereocenters. The molecule has 3 rings (SSSR count). The molecule has 0 atom stereocenters.